The summed E-state index contributed by atoms with van der Waals surface area (Å²) in [7, 11) is 0. The van der Waals surface area contributed by atoms with Gasteiger partial charge in [0.1, 0.15) is 0 Å². The molecule has 0 saturated heterocycles. The second-order valence-corrected chi connectivity index (χ2v) is 7.05. The molecule has 0 heterocycles. The molecule has 1 fully saturated rings. The molecule has 0 aromatic heterocycles. The third-order valence-corrected chi connectivity index (χ3v) is 4.91. The van der Waals surface area contributed by atoms with E-state index in [-0.39, 0.29) is 18.3 Å². The zero-order valence-corrected chi connectivity index (χ0v) is 15.3. The van der Waals surface area contributed by atoms with Crippen molar-refractivity contribution in [1.29, 1.82) is 0 Å². The van der Waals surface area contributed by atoms with Crippen LogP contribution in [0.25, 0.3) is 0 Å². The molecular weight excluding hydrogens is 320 g/mol. The molecule has 0 aromatic rings. The highest BCUT2D eigenvalue weighted by molar-refractivity contribution is 5.66. The van der Waals surface area contributed by atoms with E-state index in [9.17, 15) is 20.1 Å². The van der Waals surface area contributed by atoms with Crippen LogP contribution in [0, 0.1) is 11.8 Å². The van der Waals surface area contributed by atoms with Crippen molar-refractivity contribution in [2.45, 2.75) is 83.0 Å². The van der Waals surface area contributed by atoms with Crippen LogP contribution in [0.1, 0.15) is 64.7 Å². The van der Waals surface area contributed by atoms with Crippen molar-refractivity contribution >= 4 is 5.97 Å². The second kappa shape index (κ2) is 12.2. The maximum absolute atomic E-state index is 10.5. The minimum Gasteiger partial charge on any atom is -0.481 e. The lowest BCUT2D eigenvalue weighted by atomic mass is 9.89. The number of aliphatic carboxylic acids is 1. The molecule has 25 heavy (non-hydrogen) atoms. The van der Waals surface area contributed by atoms with Crippen molar-refractivity contribution in [3.05, 3.63) is 24.3 Å². The van der Waals surface area contributed by atoms with Crippen LogP contribution in [0.3, 0.4) is 0 Å². The van der Waals surface area contributed by atoms with E-state index in [1.165, 1.54) is 19.3 Å². The number of unbranched alkanes of at least 4 members (excludes halogenated alkanes) is 3. The Labute approximate surface area is 151 Å². The first kappa shape index (κ1) is 21.9. The molecule has 1 rings (SSSR count). The molecule has 0 radical (unpaired) electrons. The fourth-order valence-electron chi connectivity index (χ4n) is 3.41. The SMILES string of the molecule is CCCCC/C=C\C[C@@H]1[C@H](/C=C/[C@H](O)CCCC(=O)O)[C@@H](O)C[C@H]1O. The number of aliphatic hydroxyl groups excluding tert-OH is 3. The highest BCUT2D eigenvalue weighted by atomic mass is 16.4. The van der Waals surface area contributed by atoms with Gasteiger partial charge in [-0.15, -0.1) is 0 Å². The van der Waals surface area contributed by atoms with E-state index in [0.29, 0.717) is 25.7 Å². The Morgan fingerprint density at radius 3 is 2.60 bits per heavy atom. The highest BCUT2D eigenvalue weighted by Crippen LogP contribution is 2.36. The van der Waals surface area contributed by atoms with Gasteiger partial charge in [-0.2, -0.15) is 0 Å². The number of allylic oxidation sites excluding steroid dienone is 2. The van der Waals surface area contributed by atoms with Crippen molar-refractivity contribution in [2.24, 2.45) is 11.8 Å². The molecule has 0 spiro atoms. The van der Waals surface area contributed by atoms with E-state index < -0.39 is 24.3 Å². The third-order valence-electron chi connectivity index (χ3n) is 4.91. The number of carbonyl (C=O) groups is 1. The lowest BCUT2D eigenvalue weighted by Gasteiger charge is -2.19. The van der Waals surface area contributed by atoms with Gasteiger partial charge in [0.25, 0.3) is 0 Å². The number of carboxylic acids is 1. The van der Waals surface area contributed by atoms with E-state index in [2.05, 4.69) is 19.1 Å². The largest absolute Gasteiger partial charge is 0.481 e. The van der Waals surface area contributed by atoms with Gasteiger partial charge in [0, 0.05) is 18.8 Å². The molecule has 0 unspecified atom stereocenters. The normalized spacial score (nSPS) is 28.2. The minimum atomic E-state index is -0.865. The summed E-state index contributed by atoms with van der Waals surface area (Å²) in [5.74, 6) is -1.08. The van der Waals surface area contributed by atoms with Crippen LogP contribution in [0.15, 0.2) is 24.3 Å². The Kier molecular flexibility index (Phi) is 10.7. The fourth-order valence-corrected chi connectivity index (χ4v) is 3.41. The minimum absolute atomic E-state index is 0.0418. The average Bonchev–Trinajstić information content (AvgIpc) is 2.81. The summed E-state index contributed by atoms with van der Waals surface area (Å²) in [6.07, 6.45) is 12.4. The Hall–Kier alpha value is -1.17. The van der Waals surface area contributed by atoms with Crippen molar-refractivity contribution < 1.29 is 25.2 Å². The first-order valence-corrected chi connectivity index (χ1v) is 9.55. The molecule has 5 nitrogen and oxygen atoms in total. The second-order valence-electron chi connectivity index (χ2n) is 7.05. The number of carboxylic acid groups (broad SMARTS) is 1. The molecular formula is C20H34O5. The van der Waals surface area contributed by atoms with Gasteiger partial charge in [-0.25, -0.2) is 0 Å². The summed E-state index contributed by atoms with van der Waals surface area (Å²) < 4.78 is 0. The van der Waals surface area contributed by atoms with Crippen LogP contribution in [0.4, 0.5) is 0 Å². The van der Waals surface area contributed by atoms with Gasteiger partial charge in [0.2, 0.25) is 0 Å². The maximum Gasteiger partial charge on any atom is 0.303 e. The fraction of sp³-hybridized carbons (Fsp3) is 0.750. The van der Waals surface area contributed by atoms with Gasteiger partial charge in [0.15, 0.2) is 0 Å². The standard InChI is InChI=1S/C20H34O5/c1-2-3-4-5-6-7-10-16-17(19(23)14-18(16)22)13-12-15(21)9-8-11-20(24)25/h6-7,12-13,15-19,21-23H,2-5,8-11,14H2,1H3,(H,24,25)/b7-6-,13-12+/t15-,16-,17+,18-,19+/m1/s1. The van der Waals surface area contributed by atoms with Crippen molar-refractivity contribution in [3.8, 4) is 0 Å². The van der Waals surface area contributed by atoms with Crippen molar-refractivity contribution in [3.63, 3.8) is 0 Å². The Balaban J connectivity index is 2.47. The van der Waals surface area contributed by atoms with Crippen LogP contribution < -0.4 is 0 Å². The van der Waals surface area contributed by atoms with Gasteiger partial charge in [-0.3, -0.25) is 4.79 Å². The molecule has 0 aromatic carbocycles. The molecule has 1 saturated carbocycles. The topological polar surface area (TPSA) is 98.0 Å². The first-order valence-electron chi connectivity index (χ1n) is 9.55. The number of aliphatic hydroxyl groups is 3. The average molecular weight is 354 g/mol. The van der Waals surface area contributed by atoms with E-state index in [0.717, 1.165) is 6.42 Å². The predicted molar refractivity (Wildman–Crippen MR) is 98.1 cm³/mol. The summed E-state index contributed by atoms with van der Waals surface area (Å²) in [5.41, 5.74) is 0. The van der Waals surface area contributed by atoms with Crippen LogP contribution >= 0.6 is 0 Å². The summed E-state index contributed by atoms with van der Waals surface area (Å²) in [6, 6.07) is 0. The molecule has 0 amide bonds. The molecule has 5 heteroatoms. The summed E-state index contributed by atoms with van der Waals surface area (Å²) in [4.78, 5) is 10.5. The van der Waals surface area contributed by atoms with Gasteiger partial charge in [0.05, 0.1) is 18.3 Å². The van der Waals surface area contributed by atoms with Crippen molar-refractivity contribution in [1.82, 2.24) is 0 Å². The van der Waals surface area contributed by atoms with E-state index in [1.54, 1.807) is 12.2 Å². The summed E-state index contributed by atoms with van der Waals surface area (Å²) in [6.45, 7) is 2.17. The Bertz CT molecular complexity index is 432. The molecule has 1 aliphatic carbocycles. The van der Waals surface area contributed by atoms with Crippen LogP contribution in [-0.2, 0) is 4.79 Å². The number of hydrogen-bond donors (Lipinski definition) is 4. The monoisotopic (exact) mass is 354 g/mol. The molecule has 144 valence electrons. The van der Waals surface area contributed by atoms with Gasteiger partial charge in [-0.1, -0.05) is 44.1 Å². The van der Waals surface area contributed by atoms with Gasteiger partial charge < -0.3 is 20.4 Å². The quantitative estimate of drug-likeness (QED) is 0.319. The zero-order valence-electron chi connectivity index (χ0n) is 15.3. The zero-order chi connectivity index (χ0) is 18.7. The molecule has 0 aliphatic heterocycles. The molecule has 0 bridgehead atoms. The predicted octanol–water partition coefficient (Wildman–Crippen LogP) is 3.04. The van der Waals surface area contributed by atoms with Crippen molar-refractivity contribution in [2.75, 3.05) is 0 Å². The number of rotatable bonds is 12. The van der Waals surface area contributed by atoms with E-state index >= 15 is 0 Å². The highest BCUT2D eigenvalue weighted by Gasteiger charge is 2.39. The van der Waals surface area contributed by atoms with E-state index in [4.69, 9.17) is 5.11 Å². The Morgan fingerprint density at radius 1 is 1.16 bits per heavy atom. The summed E-state index contributed by atoms with van der Waals surface area (Å²) in [5, 5.41) is 38.9. The van der Waals surface area contributed by atoms with Crippen LogP contribution in [0.2, 0.25) is 0 Å². The van der Waals surface area contributed by atoms with Crippen LogP contribution in [0.5, 0.6) is 0 Å². The Morgan fingerprint density at radius 2 is 1.92 bits per heavy atom. The molecule has 5 atom stereocenters. The number of hydrogen-bond acceptors (Lipinski definition) is 4. The lowest BCUT2D eigenvalue weighted by molar-refractivity contribution is -0.137. The molecule has 1 aliphatic rings. The van der Waals surface area contributed by atoms with E-state index in [1.807, 2.05) is 0 Å². The smallest absolute Gasteiger partial charge is 0.303 e. The van der Waals surface area contributed by atoms with Crippen LogP contribution in [-0.4, -0.2) is 44.7 Å². The maximum atomic E-state index is 10.5. The van der Waals surface area contributed by atoms with Gasteiger partial charge >= 0.3 is 5.97 Å². The van der Waals surface area contributed by atoms with Gasteiger partial charge in [-0.05, 0) is 38.0 Å². The third kappa shape index (κ3) is 8.66. The summed E-state index contributed by atoms with van der Waals surface area (Å²) >= 11 is 0. The molecule has 4 N–H and O–H groups in total. The lowest BCUT2D eigenvalue weighted by Crippen LogP contribution is -2.20. The first-order chi connectivity index (χ1) is 12.0.